The second kappa shape index (κ2) is 9.04. The van der Waals surface area contributed by atoms with Crippen molar-refractivity contribution in [2.45, 2.75) is 12.7 Å². The number of ether oxygens (including phenoxy) is 1. The van der Waals surface area contributed by atoms with E-state index in [1.165, 1.54) is 31.4 Å². The highest BCUT2D eigenvalue weighted by molar-refractivity contribution is 6.31. The van der Waals surface area contributed by atoms with Crippen LogP contribution in [0.25, 0.3) is 0 Å². The van der Waals surface area contributed by atoms with Gasteiger partial charge in [0.25, 0.3) is 5.91 Å². The Hall–Kier alpha value is -3.26. The van der Waals surface area contributed by atoms with Crippen molar-refractivity contribution < 1.29 is 22.7 Å². The number of rotatable bonds is 6. The molecule has 2 N–H and O–H groups in total. The molecule has 0 bridgehead atoms. The smallest absolute Gasteiger partial charge is 0.417 e. The summed E-state index contributed by atoms with van der Waals surface area (Å²) in [7, 11) is 1.51. The molecule has 9 heteroatoms. The summed E-state index contributed by atoms with van der Waals surface area (Å²) in [4.78, 5) is 15.6. The summed E-state index contributed by atoms with van der Waals surface area (Å²) in [6, 6.07) is 13.8. The lowest BCUT2D eigenvalue weighted by molar-refractivity contribution is -0.137. The van der Waals surface area contributed by atoms with Crippen molar-refractivity contribution in [3.63, 3.8) is 0 Å². The number of carbonyl (C=O) groups is 1. The number of halogens is 4. The van der Waals surface area contributed by atoms with Crippen LogP contribution < -0.4 is 15.4 Å². The van der Waals surface area contributed by atoms with Crippen LogP contribution in [0.15, 0.2) is 60.8 Å². The van der Waals surface area contributed by atoms with E-state index in [4.69, 9.17) is 16.3 Å². The molecule has 0 radical (unpaired) electrons. The molecular weight excluding hydrogens is 419 g/mol. The van der Waals surface area contributed by atoms with Crippen LogP contribution in [0.2, 0.25) is 5.02 Å². The molecule has 3 aromatic rings. The highest BCUT2D eigenvalue weighted by Gasteiger charge is 2.33. The minimum Gasteiger partial charge on any atom is -0.457 e. The van der Waals surface area contributed by atoms with Crippen molar-refractivity contribution in [2.24, 2.45) is 0 Å². The molecule has 1 amide bonds. The van der Waals surface area contributed by atoms with Crippen molar-refractivity contribution >= 4 is 23.2 Å². The molecule has 0 aliphatic heterocycles. The summed E-state index contributed by atoms with van der Waals surface area (Å²) in [5.41, 5.74) is 0.521. The van der Waals surface area contributed by atoms with E-state index >= 15 is 0 Å². The lowest BCUT2D eigenvalue weighted by Crippen LogP contribution is -2.18. The first-order chi connectivity index (χ1) is 14.3. The van der Waals surface area contributed by atoms with Gasteiger partial charge in [-0.25, -0.2) is 0 Å². The van der Waals surface area contributed by atoms with Gasteiger partial charge in [-0.1, -0.05) is 17.7 Å². The number of alkyl halides is 3. The Labute approximate surface area is 175 Å². The van der Waals surface area contributed by atoms with E-state index in [9.17, 15) is 18.0 Å². The predicted octanol–water partition coefficient (Wildman–Crippen LogP) is 5.52. The molecular formula is C21H17ClF3N3O2. The molecule has 2 aromatic carbocycles. The fourth-order valence-electron chi connectivity index (χ4n) is 2.61. The van der Waals surface area contributed by atoms with Gasteiger partial charge in [-0.15, -0.1) is 0 Å². The molecule has 0 aliphatic rings. The monoisotopic (exact) mass is 435 g/mol. The van der Waals surface area contributed by atoms with Crippen LogP contribution in [0.5, 0.6) is 11.5 Å². The quantitative estimate of drug-likeness (QED) is 0.535. The van der Waals surface area contributed by atoms with Crippen LogP contribution in [-0.2, 0) is 12.7 Å². The summed E-state index contributed by atoms with van der Waals surface area (Å²) in [6.07, 6.45) is -3.03. The van der Waals surface area contributed by atoms with Gasteiger partial charge in [0, 0.05) is 31.5 Å². The molecule has 0 unspecified atom stereocenters. The van der Waals surface area contributed by atoms with Gasteiger partial charge >= 0.3 is 6.18 Å². The van der Waals surface area contributed by atoms with E-state index in [0.717, 1.165) is 6.07 Å². The molecule has 0 atom stereocenters. The Morgan fingerprint density at radius 1 is 1.07 bits per heavy atom. The van der Waals surface area contributed by atoms with Gasteiger partial charge in [0.15, 0.2) is 0 Å². The van der Waals surface area contributed by atoms with Gasteiger partial charge in [-0.2, -0.15) is 13.2 Å². The molecule has 0 saturated heterocycles. The number of carbonyl (C=O) groups excluding carboxylic acids is 1. The van der Waals surface area contributed by atoms with Crippen LogP contribution in [-0.4, -0.2) is 17.9 Å². The molecule has 3 rings (SSSR count). The third-order valence-electron chi connectivity index (χ3n) is 4.11. The maximum Gasteiger partial charge on any atom is 0.417 e. The van der Waals surface area contributed by atoms with Gasteiger partial charge in [-0.05, 0) is 48.0 Å². The Morgan fingerprint density at radius 2 is 1.80 bits per heavy atom. The Morgan fingerprint density at radius 3 is 2.47 bits per heavy atom. The zero-order chi connectivity index (χ0) is 21.7. The summed E-state index contributed by atoms with van der Waals surface area (Å²) in [5, 5.41) is 5.21. The number of anilines is 1. The number of hydrogen-bond donors (Lipinski definition) is 2. The number of aromatic nitrogens is 1. The Balaban J connectivity index is 1.64. The average molecular weight is 436 g/mol. The summed E-state index contributed by atoms with van der Waals surface area (Å²) < 4.78 is 44.6. The lowest BCUT2D eigenvalue weighted by Gasteiger charge is -2.12. The van der Waals surface area contributed by atoms with E-state index in [1.807, 2.05) is 0 Å². The standard InChI is InChI=1S/C21H17ClF3N3O2/c1-26-20(29)19-11-16(8-9-27-19)30-15-5-3-14(4-6-15)28-12-13-2-7-18(22)17(10-13)21(23,24)25/h2-11,28H,12H2,1H3,(H,26,29). The number of nitrogens with one attached hydrogen (secondary N) is 2. The SMILES string of the molecule is CNC(=O)c1cc(Oc2ccc(NCc3ccc(Cl)c(C(F)(F)F)c3)cc2)ccn1. The van der Waals surface area contributed by atoms with Crippen LogP contribution in [0.4, 0.5) is 18.9 Å². The maximum atomic E-state index is 13.0. The van der Waals surface area contributed by atoms with Crippen molar-refractivity contribution in [1.29, 1.82) is 0 Å². The van der Waals surface area contributed by atoms with Crippen LogP contribution in [0.1, 0.15) is 21.6 Å². The molecule has 1 heterocycles. The average Bonchev–Trinajstić information content (AvgIpc) is 2.73. The highest BCUT2D eigenvalue weighted by Crippen LogP contribution is 2.35. The van der Waals surface area contributed by atoms with Crippen LogP contribution in [0, 0.1) is 0 Å². The second-order valence-corrected chi connectivity index (χ2v) is 6.66. The second-order valence-electron chi connectivity index (χ2n) is 6.25. The topological polar surface area (TPSA) is 63.2 Å². The predicted molar refractivity (Wildman–Crippen MR) is 108 cm³/mol. The number of nitrogens with zero attached hydrogens (tertiary/aromatic N) is 1. The third-order valence-corrected chi connectivity index (χ3v) is 4.44. The van der Waals surface area contributed by atoms with Crippen LogP contribution in [0.3, 0.4) is 0 Å². The lowest BCUT2D eigenvalue weighted by atomic mass is 10.1. The van der Waals surface area contributed by atoms with E-state index in [2.05, 4.69) is 15.6 Å². The largest absolute Gasteiger partial charge is 0.457 e. The van der Waals surface area contributed by atoms with E-state index in [1.54, 1.807) is 30.3 Å². The van der Waals surface area contributed by atoms with Gasteiger partial charge in [0.05, 0.1) is 10.6 Å². The van der Waals surface area contributed by atoms with Crippen molar-refractivity contribution in [2.75, 3.05) is 12.4 Å². The molecule has 5 nitrogen and oxygen atoms in total. The van der Waals surface area contributed by atoms with Crippen LogP contribution >= 0.6 is 11.6 Å². The first-order valence-corrected chi connectivity index (χ1v) is 9.19. The molecule has 0 aliphatic carbocycles. The zero-order valence-electron chi connectivity index (χ0n) is 15.8. The van der Waals surface area contributed by atoms with Gasteiger partial charge in [0.1, 0.15) is 17.2 Å². The summed E-state index contributed by atoms with van der Waals surface area (Å²) >= 11 is 5.64. The highest BCUT2D eigenvalue weighted by atomic mass is 35.5. The first-order valence-electron chi connectivity index (χ1n) is 8.82. The molecule has 0 saturated carbocycles. The maximum absolute atomic E-state index is 13.0. The third kappa shape index (κ3) is 5.42. The number of pyridine rings is 1. The fourth-order valence-corrected chi connectivity index (χ4v) is 2.83. The molecule has 0 fully saturated rings. The fraction of sp³-hybridized carbons (Fsp3) is 0.143. The molecule has 30 heavy (non-hydrogen) atoms. The number of benzene rings is 2. The minimum atomic E-state index is -4.50. The zero-order valence-corrected chi connectivity index (χ0v) is 16.5. The molecule has 0 spiro atoms. The van der Waals surface area contributed by atoms with Crippen molar-refractivity contribution in [1.82, 2.24) is 10.3 Å². The number of hydrogen-bond acceptors (Lipinski definition) is 4. The van der Waals surface area contributed by atoms with Gasteiger partial charge in [-0.3, -0.25) is 9.78 Å². The summed E-state index contributed by atoms with van der Waals surface area (Å²) in [5.74, 6) is 0.654. The normalized spacial score (nSPS) is 11.1. The van der Waals surface area contributed by atoms with Gasteiger partial charge in [0.2, 0.25) is 0 Å². The summed E-state index contributed by atoms with van der Waals surface area (Å²) in [6.45, 7) is 0.195. The Kier molecular flexibility index (Phi) is 6.47. The minimum absolute atomic E-state index is 0.195. The molecule has 1 aromatic heterocycles. The van der Waals surface area contributed by atoms with Crippen molar-refractivity contribution in [3.05, 3.63) is 82.6 Å². The molecule has 156 valence electrons. The van der Waals surface area contributed by atoms with Crippen molar-refractivity contribution in [3.8, 4) is 11.5 Å². The van der Waals surface area contributed by atoms with E-state index in [0.29, 0.717) is 22.7 Å². The van der Waals surface area contributed by atoms with E-state index in [-0.39, 0.29) is 23.2 Å². The van der Waals surface area contributed by atoms with E-state index < -0.39 is 11.7 Å². The Bertz CT molecular complexity index is 1040. The first kappa shape index (κ1) is 21.4. The van der Waals surface area contributed by atoms with Gasteiger partial charge < -0.3 is 15.4 Å². The number of amides is 1.